The summed E-state index contributed by atoms with van der Waals surface area (Å²) in [6, 6.07) is 1.86. The summed E-state index contributed by atoms with van der Waals surface area (Å²) in [4.78, 5) is 4.30. The number of hydrogen-bond acceptors (Lipinski definition) is 3. The molecule has 5 heteroatoms. The van der Waals surface area contributed by atoms with Gasteiger partial charge in [-0.15, -0.1) is 0 Å². The fourth-order valence-electron chi connectivity index (χ4n) is 1.89. The van der Waals surface area contributed by atoms with Gasteiger partial charge in [0.15, 0.2) is 10.8 Å². The van der Waals surface area contributed by atoms with Crippen molar-refractivity contribution in [1.82, 2.24) is 14.6 Å². The Hall–Kier alpha value is -1.39. The van der Waals surface area contributed by atoms with Gasteiger partial charge in [0, 0.05) is 18.0 Å². The van der Waals surface area contributed by atoms with Crippen LogP contribution in [0.2, 0.25) is 5.15 Å². The monoisotopic (exact) mass is 235 g/mol. The van der Waals surface area contributed by atoms with Crippen molar-refractivity contribution in [2.75, 3.05) is 13.2 Å². The highest BCUT2D eigenvalue weighted by molar-refractivity contribution is 6.29. The molecule has 2 aromatic rings. The molecule has 0 N–H and O–H groups in total. The lowest BCUT2D eigenvalue weighted by atomic mass is 10.0. The van der Waals surface area contributed by atoms with Crippen LogP contribution in [0.15, 0.2) is 24.5 Å². The zero-order valence-corrected chi connectivity index (χ0v) is 9.31. The molecule has 3 rings (SSSR count). The molecule has 3 heterocycles. The molecule has 0 amide bonds. The van der Waals surface area contributed by atoms with Crippen molar-refractivity contribution in [3.63, 3.8) is 0 Å². The highest BCUT2D eigenvalue weighted by Crippen LogP contribution is 2.25. The minimum Gasteiger partial charge on any atom is -0.377 e. The summed E-state index contributed by atoms with van der Waals surface area (Å²) in [6.07, 6.45) is 6.49. The van der Waals surface area contributed by atoms with Crippen LogP contribution in [0.4, 0.5) is 0 Å². The maximum atomic E-state index is 5.98. The van der Waals surface area contributed by atoms with E-state index in [-0.39, 0.29) is 0 Å². The molecule has 0 radical (unpaired) electrons. The first-order valence-electron chi connectivity index (χ1n) is 5.11. The van der Waals surface area contributed by atoms with Crippen LogP contribution in [0.25, 0.3) is 11.2 Å². The van der Waals surface area contributed by atoms with E-state index >= 15 is 0 Å². The molecule has 0 saturated heterocycles. The fraction of sp³-hybridized carbons (Fsp3) is 0.273. The van der Waals surface area contributed by atoms with Gasteiger partial charge in [-0.1, -0.05) is 17.7 Å². The molecule has 1 aliphatic heterocycles. The van der Waals surface area contributed by atoms with Crippen molar-refractivity contribution in [2.24, 2.45) is 0 Å². The highest BCUT2D eigenvalue weighted by atomic mass is 35.5. The summed E-state index contributed by atoms with van der Waals surface area (Å²) in [5.74, 6) is 0. The molecule has 82 valence electrons. The maximum absolute atomic E-state index is 5.98. The number of ether oxygens (including phenoxy) is 1. The van der Waals surface area contributed by atoms with Gasteiger partial charge in [-0.3, -0.25) is 0 Å². The van der Waals surface area contributed by atoms with Crippen molar-refractivity contribution in [1.29, 1.82) is 0 Å². The minimum atomic E-state index is 0.480. The van der Waals surface area contributed by atoms with E-state index in [1.807, 2.05) is 6.07 Å². The average Bonchev–Trinajstić information content (AvgIpc) is 2.77. The van der Waals surface area contributed by atoms with E-state index in [0.29, 0.717) is 11.8 Å². The molecule has 0 aliphatic carbocycles. The number of fused-ring (bicyclic) bond motifs is 1. The van der Waals surface area contributed by atoms with E-state index in [4.69, 9.17) is 16.3 Å². The zero-order chi connectivity index (χ0) is 11.0. The molecule has 0 unspecified atom stereocenters. The van der Waals surface area contributed by atoms with Gasteiger partial charge in [0.2, 0.25) is 0 Å². The zero-order valence-electron chi connectivity index (χ0n) is 8.56. The van der Waals surface area contributed by atoms with Crippen molar-refractivity contribution < 1.29 is 4.74 Å². The smallest absolute Gasteiger partial charge is 0.161 e. The van der Waals surface area contributed by atoms with Gasteiger partial charge in [0.05, 0.1) is 13.2 Å². The van der Waals surface area contributed by atoms with Crippen molar-refractivity contribution in [3.05, 3.63) is 35.3 Å². The standard InChI is InChI=1S/C11H10ClN3O/c12-10-7-9(8-1-5-16-6-2-8)11-13-3-4-15(11)14-10/h1,3-4,7H,2,5-6H2. The third-order valence-corrected chi connectivity index (χ3v) is 2.82. The molecule has 16 heavy (non-hydrogen) atoms. The molecule has 0 fully saturated rings. The van der Waals surface area contributed by atoms with Gasteiger partial charge in [-0.25, -0.2) is 9.50 Å². The number of rotatable bonds is 1. The summed E-state index contributed by atoms with van der Waals surface area (Å²) in [5.41, 5.74) is 3.12. The molecule has 0 aromatic carbocycles. The Balaban J connectivity index is 2.21. The first-order valence-corrected chi connectivity index (χ1v) is 5.49. The molecule has 0 saturated carbocycles. The van der Waals surface area contributed by atoms with E-state index in [1.165, 1.54) is 5.57 Å². The Labute approximate surface area is 97.5 Å². The second-order valence-electron chi connectivity index (χ2n) is 3.63. The SMILES string of the molecule is Clc1cc(C2=CCOCC2)c2nccn2n1. The Morgan fingerprint density at radius 2 is 2.38 bits per heavy atom. The van der Waals surface area contributed by atoms with Crippen LogP contribution in [0.1, 0.15) is 12.0 Å². The molecular weight excluding hydrogens is 226 g/mol. The van der Waals surface area contributed by atoms with Crippen LogP contribution in [0.5, 0.6) is 0 Å². The van der Waals surface area contributed by atoms with E-state index in [9.17, 15) is 0 Å². The van der Waals surface area contributed by atoms with Gasteiger partial charge in [0.25, 0.3) is 0 Å². The topological polar surface area (TPSA) is 39.4 Å². The largest absolute Gasteiger partial charge is 0.377 e. The van der Waals surface area contributed by atoms with Crippen LogP contribution in [-0.4, -0.2) is 27.8 Å². The van der Waals surface area contributed by atoms with Gasteiger partial charge < -0.3 is 4.74 Å². The Morgan fingerprint density at radius 1 is 1.44 bits per heavy atom. The van der Waals surface area contributed by atoms with E-state index in [1.54, 1.807) is 16.9 Å². The van der Waals surface area contributed by atoms with Crippen LogP contribution in [0.3, 0.4) is 0 Å². The third-order valence-electron chi connectivity index (χ3n) is 2.64. The normalized spacial score (nSPS) is 16.4. The average molecular weight is 236 g/mol. The Bertz CT molecular complexity index is 561. The van der Waals surface area contributed by atoms with Crippen LogP contribution < -0.4 is 0 Å². The summed E-state index contributed by atoms with van der Waals surface area (Å²) in [7, 11) is 0. The van der Waals surface area contributed by atoms with Gasteiger partial charge in [-0.05, 0) is 18.1 Å². The molecule has 0 atom stereocenters. The van der Waals surface area contributed by atoms with Crippen LogP contribution in [-0.2, 0) is 4.74 Å². The van der Waals surface area contributed by atoms with Gasteiger partial charge >= 0.3 is 0 Å². The minimum absolute atomic E-state index is 0.480. The van der Waals surface area contributed by atoms with E-state index in [2.05, 4.69) is 16.2 Å². The van der Waals surface area contributed by atoms with Gasteiger partial charge in [0.1, 0.15) is 0 Å². The summed E-state index contributed by atoms with van der Waals surface area (Å²) >= 11 is 5.98. The Kier molecular flexibility index (Phi) is 2.38. The van der Waals surface area contributed by atoms with Crippen LogP contribution >= 0.6 is 11.6 Å². The molecule has 1 aliphatic rings. The van der Waals surface area contributed by atoms with E-state index < -0.39 is 0 Å². The lowest BCUT2D eigenvalue weighted by Gasteiger charge is -2.14. The lowest BCUT2D eigenvalue weighted by Crippen LogP contribution is -2.05. The summed E-state index contributed by atoms with van der Waals surface area (Å²) in [5, 5.41) is 4.63. The van der Waals surface area contributed by atoms with Crippen molar-refractivity contribution in [2.45, 2.75) is 6.42 Å². The number of aromatic nitrogens is 3. The quantitative estimate of drug-likeness (QED) is 0.761. The third kappa shape index (κ3) is 1.60. The molecular formula is C11H10ClN3O. The second-order valence-corrected chi connectivity index (χ2v) is 4.02. The fourth-order valence-corrected chi connectivity index (χ4v) is 2.08. The predicted octanol–water partition coefficient (Wildman–Crippen LogP) is 2.19. The van der Waals surface area contributed by atoms with Crippen molar-refractivity contribution in [3.8, 4) is 0 Å². The van der Waals surface area contributed by atoms with Crippen molar-refractivity contribution >= 4 is 22.8 Å². The van der Waals surface area contributed by atoms with Gasteiger partial charge in [-0.2, -0.15) is 5.10 Å². The first kappa shape index (κ1) is 9.81. The summed E-state index contributed by atoms with van der Waals surface area (Å²) < 4.78 is 7.00. The van der Waals surface area contributed by atoms with Crippen LogP contribution in [0, 0.1) is 0 Å². The maximum Gasteiger partial charge on any atom is 0.161 e. The number of hydrogen-bond donors (Lipinski definition) is 0. The molecule has 2 aromatic heterocycles. The molecule has 0 spiro atoms. The lowest BCUT2D eigenvalue weighted by molar-refractivity contribution is 0.161. The van der Waals surface area contributed by atoms with E-state index in [0.717, 1.165) is 24.2 Å². The number of nitrogens with zero attached hydrogens (tertiary/aromatic N) is 3. The summed E-state index contributed by atoms with van der Waals surface area (Å²) in [6.45, 7) is 1.40. The number of halogens is 1. The second kappa shape index (κ2) is 3.88. The predicted molar refractivity (Wildman–Crippen MR) is 61.4 cm³/mol. The Morgan fingerprint density at radius 3 is 3.19 bits per heavy atom. The molecule has 4 nitrogen and oxygen atoms in total. The highest BCUT2D eigenvalue weighted by Gasteiger charge is 2.12. The molecule has 0 bridgehead atoms. The first-order chi connectivity index (χ1) is 7.84. The number of imidazole rings is 1.